The second-order valence-electron chi connectivity index (χ2n) is 6.43. The fraction of sp³-hybridized carbons (Fsp3) is 0.474. The first-order valence-electron chi connectivity index (χ1n) is 8.86. The molecule has 0 N–H and O–H groups in total. The Morgan fingerprint density at radius 3 is 2.56 bits per heavy atom. The molecule has 0 aliphatic carbocycles. The number of nitrogens with zero attached hydrogens (tertiary/aromatic N) is 4. The highest BCUT2D eigenvalue weighted by Crippen LogP contribution is 2.15. The quantitative estimate of drug-likeness (QED) is 0.723. The third-order valence-electron chi connectivity index (χ3n) is 4.54. The highest BCUT2D eigenvalue weighted by Gasteiger charge is 2.18. The molecule has 1 aliphatic heterocycles. The molecule has 0 spiro atoms. The van der Waals surface area contributed by atoms with Gasteiger partial charge in [0.15, 0.2) is 0 Å². The average Bonchev–Trinajstić information content (AvgIpc) is 3.14. The molecule has 3 rings (SSSR count). The third kappa shape index (κ3) is 5.32. The predicted octanol–water partition coefficient (Wildman–Crippen LogP) is 2.02. The van der Waals surface area contributed by atoms with E-state index < -0.39 is 0 Å². The number of piperazine rings is 1. The Morgan fingerprint density at radius 1 is 1.16 bits per heavy atom. The number of rotatable bonds is 7. The molecule has 2 aromatic rings. The third-order valence-corrected chi connectivity index (χ3v) is 4.54. The number of carbonyl (C=O) groups excluding carboxylic acids is 1. The lowest BCUT2D eigenvalue weighted by Gasteiger charge is -2.34. The van der Waals surface area contributed by atoms with Gasteiger partial charge in [-0.2, -0.15) is 0 Å². The van der Waals surface area contributed by atoms with E-state index in [0.29, 0.717) is 6.61 Å². The molecule has 0 atom stereocenters. The summed E-state index contributed by atoms with van der Waals surface area (Å²) in [5.41, 5.74) is 1.28. The van der Waals surface area contributed by atoms with Crippen molar-refractivity contribution in [3.05, 3.63) is 48.5 Å². The Labute approximate surface area is 149 Å². The zero-order chi connectivity index (χ0) is 17.5. The zero-order valence-electron chi connectivity index (χ0n) is 14.8. The smallest absolute Gasteiger partial charge is 0.219 e. The number of hydrogen-bond donors (Lipinski definition) is 0. The molecule has 1 aromatic heterocycles. The van der Waals surface area contributed by atoms with Crippen molar-refractivity contribution in [3.8, 4) is 5.75 Å². The molecule has 25 heavy (non-hydrogen) atoms. The lowest BCUT2D eigenvalue weighted by Crippen LogP contribution is -2.47. The Kier molecular flexibility index (Phi) is 6.06. The maximum atomic E-state index is 11.4. The van der Waals surface area contributed by atoms with Crippen molar-refractivity contribution >= 4 is 5.91 Å². The molecular weight excluding hydrogens is 316 g/mol. The van der Waals surface area contributed by atoms with Crippen LogP contribution in [0.15, 0.2) is 43.0 Å². The molecule has 6 nitrogen and oxygen atoms in total. The summed E-state index contributed by atoms with van der Waals surface area (Å²) in [6.07, 6.45) is 6.54. The second-order valence-corrected chi connectivity index (χ2v) is 6.43. The minimum atomic E-state index is 0.175. The summed E-state index contributed by atoms with van der Waals surface area (Å²) in [7, 11) is 0. The van der Waals surface area contributed by atoms with Gasteiger partial charge in [-0.15, -0.1) is 0 Å². The Hall–Kier alpha value is -2.34. The summed E-state index contributed by atoms with van der Waals surface area (Å²) in [5.74, 6) is 1.09. The normalized spacial score (nSPS) is 15.3. The summed E-state index contributed by atoms with van der Waals surface area (Å²) < 4.78 is 7.85. The van der Waals surface area contributed by atoms with Crippen LogP contribution in [0.3, 0.4) is 0 Å². The van der Waals surface area contributed by atoms with Gasteiger partial charge in [0.1, 0.15) is 5.75 Å². The summed E-state index contributed by atoms with van der Waals surface area (Å²) in [6.45, 7) is 7.71. The highest BCUT2D eigenvalue weighted by atomic mass is 16.5. The van der Waals surface area contributed by atoms with E-state index in [-0.39, 0.29) is 5.91 Å². The van der Waals surface area contributed by atoms with E-state index in [0.717, 1.165) is 51.4 Å². The number of ether oxygens (including phenoxy) is 1. The van der Waals surface area contributed by atoms with Gasteiger partial charge in [0, 0.05) is 58.6 Å². The molecule has 1 saturated heterocycles. The lowest BCUT2D eigenvalue weighted by molar-refractivity contribution is -0.130. The van der Waals surface area contributed by atoms with Gasteiger partial charge >= 0.3 is 0 Å². The van der Waals surface area contributed by atoms with Crippen LogP contribution in [0.1, 0.15) is 18.9 Å². The van der Waals surface area contributed by atoms with E-state index in [9.17, 15) is 4.79 Å². The molecule has 1 aromatic carbocycles. The highest BCUT2D eigenvalue weighted by molar-refractivity contribution is 5.73. The number of aromatic nitrogens is 2. The van der Waals surface area contributed by atoms with Crippen LogP contribution >= 0.6 is 0 Å². The molecule has 1 amide bonds. The summed E-state index contributed by atoms with van der Waals surface area (Å²) in [6, 6.07) is 8.34. The first-order chi connectivity index (χ1) is 12.2. The number of aryl methyl sites for hydroxylation is 1. The van der Waals surface area contributed by atoms with E-state index in [1.807, 2.05) is 29.6 Å². The zero-order valence-corrected chi connectivity index (χ0v) is 14.8. The van der Waals surface area contributed by atoms with Gasteiger partial charge in [-0.25, -0.2) is 4.98 Å². The van der Waals surface area contributed by atoms with Crippen LogP contribution in [0.4, 0.5) is 0 Å². The first-order valence-corrected chi connectivity index (χ1v) is 8.86. The van der Waals surface area contributed by atoms with Crippen molar-refractivity contribution in [2.75, 3.05) is 32.8 Å². The van der Waals surface area contributed by atoms with E-state index in [4.69, 9.17) is 4.74 Å². The number of imidazole rings is 1. The van der Waals surface area contributed by atoms with Crippen LogP contribution in [0, 0.1) is 0 Å². The van der Waals surface area contributed by atoms with Crippen molar-refractivity contribution in [1.82, 2.24) is 19.4 Å². The molecule has 6 heteroatoms. The van der Waals surface area contributed by atoms with Gasteiger partial charge in [-0.1, -0.05) is 12.1 Å². The maximum Gasteiger partial charge on any atom is 0.219 e. The Balaban J connectivity index is 1.38. The number of hydrogen-bond acceptors (Lipinski definition) is 4. The van der Waals surface area contributed by atoms with Crippen LogP contribution in [-0.4, -0.2) is 58.0 Å². The topological polar surface area (TPSA) is 50.6 Å². The van der Waals surface area contributed by atoms with Crippen LogP contribution < -0.4 is 4.74 Å². The summed E-state index contributed by atoms with van der Waals surface area (Å²) in [4.78, 5) is 19.7. The number of carbonyl (C=O) groups is 1. The van der Waals surface area contributed by atoms with Crippen molar-refractivity contribution in [2.24, 2.45) is 0 Å². The van der Waals surface area contributed by atoms with Gasteiger partial charge in [0.05, 0.1) is 12.9 Å². The largest absolute Gasteiger partial charge is 0.494 e. The Bertz CT molecular complexity index is 647. The van der Waals surface area contributed by atoms with Crippen molar-refractivity contribution in [1.29, 1.82) is 0 Å². The van der Waals surface area contributed by atoms with Crippen LogP contribution in [0.5, 0.6) is 5.75 Å². The van der Waals surface area contributed by atoms with Crippen molar-refractivity contribution < 1.29 is 9.53 Å². The molecule has 0 saturated carbocycles. The number of benzene rings is 1. The minimum absolute atomic E-state index is 0.175. The van der Waals surface area contributed by atoms with Gasteiger partial charge in [0.2, 0.25) is 5.91 Å². The van der Waals surface area contributed by atoms with Gasteiger partial charge in [-0.05, 0) is 24.1 Å². The molecule has 2 heterocycles. The van der Waals surface area contributed by atoms with Gasteiger partial charge in [-0.3, -0.25) is 9.69 Å². The summed E-state index contributed by atoms with van der Waals surface area (Å²) in [5, 5.41) is 0. The van der Waals surface area contributed by atoms with E-state index in [1.54, 1.807) is 13.1 Å². The minimum Gasteiger partial charge on any atom is -0.494 e. The monoisotopic (exact) mass is 342 g/mol. The van der Waals surface area contributed by atoms with Crippen LogP contribution in [0.25, 0.3) is 0 Å². The van der Waals surface area contributed by atoms with E-state index in [1.165, 1.54) is 5.56 Å². The first kappa shape index (κ1) is 17.5. The molecule has 0 radical (unpaired) electrons. The second kappa shape index (κ2) is 8.67. The van der Waals surface area contributed by atoms with Crippen molar-refractivity contribution in [2.45, 2.75) is 26.4 Å². The van der Waals surface area contributed by atoms with E-state index >= 15 is 0 Å². The standard InChI is InChI=1S/C19H26N4O2/c1-17(24)23-12-10-21(11-13-23)15-18-3-5-19(6-4-18)25-14-2-8-22-9-7-20-16-22/h3-7,9,16H,2,8,10-15H2,1H3. The Morgan fingerprint density at radius 2 is 1.92 bits per heavy atom. The average molecular weight is 342 g/mol. The fourth-order valence-corrected chi connectivity index (χ4v) is 3.03. The predicted molar refractivity (Wildman–Crippen MR) is 96.3 cm³/mol. The summed E-state index contributed by atoms with van der Waals surface area (Å²) >= 11 is 0. The van der Waals surface area contributed by atoms with Crippen LogP contribution in [0.2, 0.25) is 0 Å². The molecule has 134 valence electrons. The van der Waals surface area contributed by atoms with Gasteiger partial charge < -0.3 is 14.2 Å². The molecule has 0 bridgehead atoms. The van der Waals surface area contributed by atoms with E-state index in [2.05, 4.69) is 26.6 Å². The van der Waals surface area contributed by atoms with Gasteiger partial charge in [0.25, 0.3) is 0 Å². The van der Waals surface area contributed by atoms with Crippen LogP contribution in [-0.2, 0) is 17.9 Å². The molecule has 0 unspecified atom stereocenters. The van der Waals surface area contributed by atoms with Crippen molar-refractivity contribution in [3.63, 3.8) is 0 Å². The molecule has 1 aliphatic rings. The molecule has 1 fully saturated rings. The maximum absolute atomic E-state index is 11.4. The number of amides is 1. The lowest BCUT2D eigenvalue weighted by atomic mass is 10.2. The fourth-order valence-electron chi connectivity index (χ4n) is 3.03. The molecular formula is C19H26N4O2. The SMILES string of the molecule is CC(=O)N1CCN(Cc2ccc(OCCCn3ccnc3)cc2)CC1.